The van der Waals surface area contributed by atoms with Crippen molar-refractivity contribution in [2.45, 2.75) is 19.2 Å². The average Bonchev–Trinajstić information content (AvgIpc) is 2.24. The first kappa shape index (κ1) is 14.3. The Hall–Kier alpha value is -0.750. The third-order valence-corrected chi connectivity index (χ3v) is 2.97. The monoisotopic (exact) mass is 311 g/mol. The molecule has 0 aliphatic carbocycles. The Bertz CT molecular complexity index is 381. The van der Waals surface area contributed by atoms with E-state index in [9.17, 15) is 13.2 Å². The second-order valence-electron chi connectivity index (χ2n) is 3.73. The lowest BCUT2D eigenvalue weighted by Crippen LogP contribution is -2.24. The maximum absolute atomic E-state index is 12.1. The summed E-state index contributed by atoms with van der Waals surface area (Å²) in [5.74, 6) is 0. The van der Waals surface area contributed by atoms with Crippen LogP contribution in [0.25, 0.3) is 0 Å². The van der Waals surface area contributed by atoms with E-state index in [2.05, 4.69) is 15.9 Å². The van der Waals surface area contributed by atoms with Crippen LogP contribution in [0.4, 0.5) is 18.9 Å². The second-order valence-corrected chi connectivity index (χ2v) is 4.58. The minimum absolute atomic E-state index is 0.0921. The van der Waals surface area contributed by atoms with Crippen molar-refractivity contribution in [3.8, 4) is 0 Å². The second kappa shape index (κ2) is 5.73. The smallest absolute Gasteiger partial charge is 0.390 e. The van der Waals surface area contributed by atoms with E-state index in [0.29, 0.717) is 15.7 Å². The Morgan fingerprint density at radius 2 is 2.00 bits per heavy atom. The molecule has 0 bridgehead atoms. The molecule has 0 heterocycles. The van der Waals surface area contributed by atoms with Gasteiger partial charge < -0.3 is 10.0 Å². The Balaban J connectivity index is 2.72. The first-order valence-electron chi connectivity index (χ1n) is 5.00. The predicted octanol–water partition coefficient (Wildman–Crippen LogP) is 3.33. The first-order valence-corrected chi connectivity index (χ1v) is 5.80. The molecule has 0 atom stereocenters. The third kappa shape index (κ3) is 4.55. The SMILES string of the molecule is CN(CCC(F)(F)F)c1ccc(CO)cc1Br. The van der Waals surface area contributed by atoms with Crippen molar-refractivity contribution in [3.05, 3.63) is 28.2 Å². The van der Waals surface area contributed by atoms with Gasteiger partial charge in [0.1, 0.15) is 0 Å². The summed E-state index contributed by atoms with van der Waals surface area (Å²) in [5.41, 5.74) is 1.39. The topological polar surface area (TPSA) is 23.5 Å². The predicted molar refractivity (Wildman–Crippen MR) is 64.0 cm³/mol. The molecule has 0 saturated carbocycles. The van der Waals surface area contributed by atoms with E-state index in [1.807, 2.05) is 0 Å². The summed E-state index contributed by atoms with van der Waals surface area (Å²) in [7, 11) is 1.60. The van der Waals surface area contributed by atoms with Crippen LogP contribution in [0.2, 0.25) is 0 Å². The number of aliphatic hydroxyl groups excluding tert-OH is 1. The number of halogens is 4. The summed E-state index contributed by atoms with van der Waals surface area (Å²) in [6, 6.07) is 5.07. The van der Waals surface area contributed by atoms with Gasteiger partial charge in [-0.25, -0.2) is 0 Å². The fourth-order valence-electron chi connectivity index (χ4n) is 1.37. The zero-order valence-electron chi connectivity index (χ0n) is 9.26. The van der Waals surface area contributed by atoms with E-state index in [-0.39, 0.29) is 13.2 Å². The van der Waals surface area contributed by atoms with Gasteiger partial charge in [0.15, 0.2) is 0 Å². The minimum atomic E-state index is -4.15. The van der Waals surface area contributed by atoms with Gasteiger partial charge in [-0.1, -0.05) is 6.07 Å². The number of aliphatic hydroxyl groups is 1. The Labute approximate surface area is 106 Å². The first-order chi connectivity index (χ1) is 7.83. The largest absolute Gasteiger partial charge is 0.392 e. The van der Waals surface area contributed by atoms with Crippen molar-refractivity contribution in [1.82, 2.24) is 0 Å². The van der Waals surface area contributed by atoms with Gasteiger partial charge in [-0.05, 0) is 33.6 Å². The molecule has 0 spiro atoms. The van der Waals surface area contributed by atoms with Crippen LogP contribution in [-0.4, -0.2) is 24.9 Å². The molecule has 0 unspecified atom stereocenters. The Kier molecular flexibility index (Phi) is 4.82. The van der Waals surface area contributed by atoms with E-state index in [0.717, 1.165) is 0 Å². The molecule has 2 nitrogen and oxygen atoms in total. The fraction of sp³-hybridized carbons (Fsp3) is 0.455. The maximum Gasteiger partial charge on any atom is 0.390 e. The van der Waals surface area contributed by atoms with Crippen LogP contribution in [0.5, 0.6) is 0 Å². The van der Waals surface area contributed by atoms with Crippen molar-refractivity contribution in [3.63, 3.8) is 0 Å². The van der Waals surface area contributed by atoms with Crippen LogP contribution in [0.3, 0.4) is 0 Å². The van der Waals surface area contributed by atoms with Gasteiger partial charge in [-0.15, -0.1) is 0 Å². The molecule has 0 fully saturated rings. The molecule has 6 heteroatoms. The van der Waals surface area contributed by atoms with Crippen molar-refractivity contribution in [2.75, 3.05) is 18.5 Å². The quantitative estimate of drug-likeness (QED) is 0.922. The number of rotatable bonds is 4. The normalized spacial score (nSPS) is 11.6. The molecule has 96 valence electrons. The fourth-order valence-corrected chi connectivity index (χ4v) is 2.10. The summed E-state index contributed by atoms with van der Waals surface area (Å²) in [5, 5.41) is 8.92. The molecular formula is C11H13BrF3NO. The highest BCUT2D eigenvalue weighted by Gasteiger charge is 2.27. The van der Waals surface area contributed by atoms with Gasteiger partial charge in [0.05, 0.1) is 18.7 Å². The molecule has 17 heavy (non-hydrogen) atoms. The molecule has 0 saturated heterocycles. The van der Waals surface area contributed by atoms with E-state index >= 15 is 0 Å². The highest BCUT2D eigenvalue weighted by molar-refractivity contribution is 9.10. The zero-order valence-corrected chi connectivity index (χ0v) is 10.8. The van der Waals surface area contributed by atoms with Gasteiger partial charge in [-0.2, -0.15) is 13.2 Å². The van der Waals surface area contributed by atoms with Crippen LogP contribution in [0, 0.1) is 0 Å². The molecular weight excluding hydrogens is 299 g/mol. The highest BCUT2D eigenvalue weighted by Crippen LogP contribution is 2.28. The van der Waals surface area contributed by atoms with E-state index in [1.165, 1.54) is 4.90 Å². The molecule has 0 radical (unpaired) electrons. The van der Waals surface area contributed by atoms with Crippen LogP contribution < -0.4 is 4.90 Å². The summed E-state index contributed by atoms with van der Waals surface area (Å²) in [4.78, 5) is 1.53. The van der Waals surface area contributed by atoms with Gasteiger partial charge in [0.25, 0.3) is 0 Å². The number of nitrogens with zero attached hydrogens (tertiary/aromatic N) is 1. The summed E-state index contributed by atoms with van der Waals surface area (Å²) in [6.07, 6.45) is -5.00. The van der Waals surface area contributed by atoms with Crippen molar-refractivity contribution in [1.29, 1.82) is 0 Å². The van der Waals surface area contributed by atoms with Gasteiger partial charge in [-0.3, -0.25) is 0 Å². The van der Waals surface area contributed by atoms with E-state index in [1.54, 1.807) is 25.2 Å². The van der Waals surface area contributed by atoms with Crippen molar-refractivity contribution >= 4 is 21.6 Å². The molecule has 1 N–H and O–H groups in total. The summed E-state index contributed by atoms with van der Waals surface area (Å²) < 4.78 is 36.9. The molecule has 1 aromatic rings. The number of hydrogen-bond donors (Lipinski definition) is 1. The maximum atomic E-state index is 12.1. The number of anilines is 1. The zero-order chi connectivity index (χ0) is 13.1. The molecule has 0 aliphatic rings. The lowest BCUT2D eigenvalue weighted by molar-refractivity contribution is -0.132. The lowest BCUT2D eigenvalue weighted by atomic mass is 10.2. The molecule has 1 aromatic carbocycles. The molecule has 0 aromatic heterocycles. The average molecular weight is 312 g/mol. The van der Waals surface area contributed by atoms with Crippen LogP contribution in [0.1, 0.15) is 12.0 Å². The van der Waals surface area contributed by atoms with E-state index < -0.39 is 12.6 Å². The Morgan fingerprint density at radius 1 is 1.35 bits per heavy atom. The van der Waals surface area contributed by atoms with Crippen LogP contribution in [-0.2, 0) is 6.61 Å². The van der Waals surface area contributed by atoms with Crippen molar-refractivity contribution < 1.29 is 18.3 Å². The van der Waals surface area contributed by atoms with E-state index in [4.69, 9.17) is 5.11 Å². The molecule has 1 rings (SSSR count). The third-order valence-electron chi connectivity index (χ3n) is 2.34. The van der Waals surface area contributed by atoms with Gasteiger partial charge >= 0.3 is 6.18 Å². The molecule has 0 amide bonds. The number of benzene rings is 1. The minimum Gasteiger partial charge on any atom is -0.392 e. The standard InChI is InChI=1S/C11H13BrF3NO/c1-16(5-4-11(13,14)15)10-3-2-8(7-17)6-9(10)12/h2-3,6,17H,4-5,7H2,1H3. The van der Waals surface area contributed by atoms with Crippen molar-refractivity contribution in [2.24, 2.45) is 0 Å². The Morgan fingerprint density at radius 3 is 2.47 bits per heavy atom. The summed E-state index contributed by atoms with van der Waals surface area (Å²) in [6.45, 7) is -0.189. The van der Waals surface area contributed by atoms with Gasteiger partial charge in [0, 0.05) is 18.1 Å². The van der Waals surface area contributed by atoms with Crippen LogP contribution >= 0.6 is 15.9 Å². The molecule has 0 aliphatic heterocycles. The summed E-state index contributed by atoms with van der Waals surface area (Å²) >= 11 is 3.27. The lowest BCUT2D eigenvalue weighted by Gasteiger charge is -2.21. The van der Waals surface area contributed by atoms with Gasteiger partial charge in [0.2, 0.25) is 0 Å². The highest BCUT2D eigenvalue weighted by atomic mass is 79.9. The number of alkyl halides is 3. The van der Waals surface area contributed by atoms with Crippen LogP contribution in [0.15, 0.2) is 22.7 Å². The number of hydrogen-bond acceptors (Lipinski definition) is 2.